The van der Waals surface area contributed by atoms with Crippen molar-refractivity contribution in [2.24, 2.45) is 0 Å². The number of aryl methyl sites for hydroxylation is 1. The molecule has 2 aromatic rings. The highest BCUT2D eigenvalue weighted by Gasteiger charge is 2.27. The Morgan fingerprint density at radius 1 is 1.20 bits per heavy atom. The topological polar surface area (TPSA) is 64.6 Å². The molecule has 1 amide bonds. The average molecular weight is 341 g/mol. The summed E-state index contributed by atoms with van der Waals surface area (Å²) in [6, 6.07) is 7.21. The molecule has 1 aliphatic rings. The number of carbonyl (C=O) groups is 1. The van der Waals surface area contributed by atoms with Gasteiger partial charge in [0.2, 0.25) is 0 Å². The van der Waals surface area contributed by atoms with E-state index in [9.17, 15) is 4.79 Å². The van der Waals surface area contributed by atoms with Crippen LogP contribution in [0.5, 0.6) is 11.5 Å². The van der Waals surface area contributed by atoms with Crippen molar-refractivity contribution in [2.75, 3.05) is 27.3 Å². The Morgan fingerprint density at radius 3 is 2.56 bits per heavy atom. The van der Waals surface area contributed by atoms with Crippen molar-refractivity contribution in [3.8, 4) is 11.5 Å². The number of benzene rings is 1. The maximum absolute atomic E-state index is 13.0. The van der Waals surface area contributed by atoms with E-state index < -0.39 is 0 Å². The number of ether oxygens (including phenoxy) is 2. The first kappa shape index (κ1) is 17.2. The Balaban J connectivity index is 1.80. The highest BCUT2D eigenvalue weighted by Crippen LogP contribution is 2.28. The highest BCUT2D eigenvalue weighted by atomic mass is 16.5. The van der Waals surface area contributed by atoms with Crippen LogP contribution in [0.1, 0.15) is 40.6 Å². The number of nitrogens with zero attached hydrogens (tertiary/aromatic N) is 3. The third-order valence-electron chi connectivity index (χ3n) is 4.52. The minimum Gasteiger partial charge on any atom is -0.497 e. The number of rotatable bonds is 4. The van der Waals surface area contributed by atoms with E-state index in [1.807, 2.05) is 17.9 Å². The van der Waals surface area contributed by atoms with Crippen molar-refractivity contribution in [2.45, 2.75) is 25.7 Å². The van der Waals surface area contributed by atoms with Gasteiger partial charge in [0.25, 0.3) is 5.91 Å². The van der Waals surface area contributed by atoms with E-state index in [0.29, 0.717) is 23.6 Å². The zero-order valence-electron chi connectivity index (χ0n) is 14.9. The second-order valence-electron chi connectivity index (χ2n) is 6.22. The fourth-order valence-corrected chi connectivity index (χ4v) is 3.22. The quantitative estimate of drug-likeness (QED) is 0.855. The summed E-state index contributed by atoms with van der Waals surface area (Å²) in [5, 5.41) is 0. The van der Waals surface area contributed by atoms with Crippen molar-refractivity contribution < 1.29 is 14.3 Å². The van der Waals surface area contributed by atoms with Crippen LogP contribution in [0, 0.1) is 6.92 Å². The zero-order chi connectivity index (χ0) is 17.8. The minimum atomic E-state index is -0.00678. The predicted molar refractivity (Wildman–Crippen MR) is 94.2 cm³/mol. The first-order valence-corrected chi connectivity index (χ1v) is 8.42. The van der Waals surface area contributed by atoms with E-state index in [1.165, 1.54) is 0 Å². The first-order valence-electron chi connectivity index (χ1n) is 8.42. The molecule has 2 heterocycles. The Kier molecular flexibility index (Phi) is 5.16. The molecular formula is C19H23N3O3. The number of amides is 1. The average Bonchev–Trinajstić information content (AvgIpc) is 2.67. The number of likely N-dealkylation sites (tertiary alicyclic amines) is 1. The number of hydrogen-bond acceptors (Lipinski definition) is 5. The molecule has 0 bridgehead atoms. The molecule has 0 unspecified atom stereocenters. The van der Waals surface area contributed by atoms with Crippen LogP contribution in [0.4, 0.5) is 0 Å². The number of aromatic nitrogens is 2. The summed E-state index contributed by atoms with van der Waals surface area (Å²) in [4.78, 5) is 23.5. The third-order valence-corrected chi connectivity index (χ3v) is 4.52. The van der Waals surface area contributed by atoms with Crippen LogP contribution in [0.2, 0.25) is 0 Å². The van der Waals surface area contributed by atoms with Crippen LogP contribution < -0.4 is 9.47 Å². The molecule has 1 aliphatic heterocycles. The molecule has 0 spiro atoms. The van der Waals surface area contributed by atoms with Crippen molar-refractivity contribution in [3.05, 3.63) is 47.5 Å². The van der Waals surface area contributed by atoms with Crippen LogP contribution >= 0.6 is 0 Å². The van der Waals surface area contributed by atoms with Gasteiger partial charge < -0.3 is 14.4 Å². The largest absolute Gasteiger partial charge is 0.497 e. The van der Waals surface area contributed by atoms with Crippen molar-refractivity contribution in [1.82, 2.24) is 14.9 Å². The highest BCUT2D eigenvalue weighted by molar-refractivity contribution is 5.95. The summed E-state index contributed by atoms with van der Waals surface area (Å²) in [7, 11) is 3.16. The van der Waals surface area contributed by atoms with Gasteiger partial charge in [0.05, 0.1) is 14.2 Å². The fourth-order valence-electron chi connectivity index (χ4n) is 3.22. The lowest BCUT2D eigenvalue weighted by molar-refractivity contribution is 0.0705. The summed E-state index contributed by atoms with van der Waals surface area (Å²) in [6.07, 6.45) is 3.77. The van der Waals surface area contributed by atoms with Gasteiger partial charge in [-0.1, -0.05) is 0 Å². The molecule has 6 nitrogen and oxygen atoms in total. The maximum Gasteiger partial charge on any atom is 0.254 e. The summed E-state index contributed by atoms with van der Waals surface area (Å²) in [6.45, 7) is 3.30. The van der Waals surface area contributed by atoms with Crippen LogP contribution in [-0.2, 0) is 0 Å². The molecule has 1 saturated heterocycles. The standard InChI is InChI=1S/C19H23N3O3/c1-13-20-7-6-18(21-13)14-5-4-8-22(12-14)19(23)15-9-16(24-2)11-17(10-15)25-3/h6-7,9-11,14H,4-5,8,12H2,1-3H3/t14-/m0/s1. The number of methoxy groups -OCH3 is 2. The summed E-state index contributed by atoms with van der Waals surface area (Å²) < 4.78 is 10.5. The Morgan fingerprint density at radius 2 is 1.92 bits per heavy atom. The Bertz CT molecular complexity index is 741. The van der Waals surface area contributed by atoms with Crippen LogP contribution in [0.25, 0.3) is 0 Å². The minimum absolute atomic E-state index is 0.00678. The van der Waals surface area contributed by atoms with Gasteiger partial charge in [-0.15, -0.1) is 0 Å². The van der Waals surface area contributed by atoms with Crippen molar-refractivity contribution in [1.29, 1.82) is 0 Å². The lowest BCUT2D eigenvalue weighted by atomic mass is 9.94. The van der Waals surface area contributed by atoms with E-state index in [2.05, 4.69) is 9.97 Å². The molecule has 25 heavy (non-hydrogen) atoms. The second-order valence-corrected chi connectivity index (χ2v) is 6.22. The Hall–Kier alpha value is -2.63. The zero-order valence-corrected chi connectivity index (χ0v) is 14.9. The molecule has 3 rings (SSSR count). The molecule has 0 saturated carbocycles. The lowest BCUT2D eigenvalue weighted by Crippen LogP contribution is -2.39. The monoisotopic (exact) mass is 341 g/mol. The molecule has 6 heteroatoms. The number of carbonyl (C=O) groups excluding carboxylic acids is 1. The normalized spacial score (nSPS) is 17.2. The fraction of sp³-hybridized carbons (Fsp3) is 0.421. The summed E-state index contributed by atoms with van der Waals surface area (Å²) in [5.41, 5.74) is 1.59. The van der Waals surface area contributed by atoms with Gasteiger partial charge in [-0.3, -0.25) is 4.79 Å². The number of hydrogen-bond donors (Lipinski definition) is 0. The van der Waals surface area contributed by atoms with Gasteiger partial charge in [-0.2, -0.15) is 0 Å². The molecule has 132 valence electrons. The molecular weight excluding hydrogens is 318 g/mol. The third kappa shape index (κ3) is 3.90. The molecule has 1 aromatic heterocycles. The molecule has 0 aliphatic carbocycles. The Labute approximate surface area is 147 Å². The first-order chi connectivity index (χ1) is 12.1. The van der Waals surface area contributed by atoms with E-state index in [0.717, 1.165) is 30.9 Å². The predicted octanol–water partition coefficient (Wildman–Crippen LogP) is 2.82. The lowest BCUT2D eigenvalue weighted by Gasteiger charge is -2.32. The van der Waals surface area contributed by atoms with Crippen molar-refractivity contribution in [3.63, 3.8) is 0 Å². The van der Waals surface area contributed by atoms with E-state index in [1.54, 1.807) is 38.6 Å². The van der Waals surface area contributed by atoms with Gasteiger partial charge in [0, 0.05) is 42.5 Å². The van der Waals surface area contributed by atoms with Gasteiger partial charge in [-0.05, 0) is 38.0 Å². The molecule has 0 radical (unpaired) electrons. The van der Waals surface area contributed by atoms with E-state index >= 15 is 0 Å². The smallest absolute Gasteiger partial charge is 0.254 e. The molecule has 1 aromatic carbocycles. The molecule has 1 fully saturated rings. The maximum atomic E-state index is 13.0. The van der Waals surface area contributed by atoms with Crippen LogP contribution in [0.15, 0.2) is 30.5 Å². The summed E-state index contributed by atoms with van der Waals surface area (Å²) in [5.74, 6) is 2.23. The second kappa shape index (κ2) is 7.51. The van der Waals surface area contributed by atoms with Gasteiger partial charge >= 0.3 is 0 Å². The summed E-state index contributed by atoms with van der Waals surface area (Å²) >= 11 is 0. The SMILES string of the molecule is COc1cc(OC)cc(C(=O)N2CCC[C@H](c3ccnc(C)n3)C2)c1. The van der Waals surface area contributed by atoms with E-state index in [4.69, 9.17) is 9.47 Å². The van der Waals surface area contributed by atoms with E-state index in [-0.39, 0.29) is 11.8 Å². The van der Waals surface area contributed by atoms with Crippen molar-refractivity contribution >= 4 is 5.91 Å². The van der Waals surface area contributed by atoms with Crippen LogP contribution in [-0.4, -0.2) is 48.1 Å². The van der Waals surface area contributed by atoms with Gasteiger partial charge in [-0.25, -0.2) is 9.97 Å². The molecule has 1 atom stereocenters. The molecule has 0 N–H and O–H groups in total. The van der Waals surface area contributed by atoms with Gasteiger partial charge in [0.15, 0.2) is 0 Å². The van der Waals surface area contributed by atoms with Gasteiger partial charge in [0.1, 0.15) is 17.3 Å². The van der Waals surface area contributed by atoms with Crippen LogP contribution in [0.3, 0.4) is 0 Å². The number of piperidine rings is 1.